The molecule has 0 amide bonds. The molecule has 0 unspecified atom stereocenters. The van der Waals surface area contributed by atoms with Gasteiger partial charge in [0.25, 0.3) is 0 Å². The maximum Gasteiger partial charge on any atom is 0.330 e. The SMILES string of the molecule is C=CC(=O)OCCCC#CC1CCC(C2CCC(C#CCCCOC(=O)C=C)CC2)CC1. The average Bonchev–Trinajstić information content (AvgIpc) is 2.83. The maximum absolute atomic E-state index is 11.0. The molecule has 2 saturated carbocycles. The average molecular weight is 439 g/mol. The fourth-order valence-electron chi connectivity index (χ4n) is 4.69. The van der Waals surface area contributed by atoms with Gasteiger partial charge in [0.1, 0.15) is 0 Å². The van der Waals surface area contributed by atoms with Gasteiger partial charge in [0, 0.05) is 36.8 Å². The van der Waals surface area contributed by atoms with Crippen molar-refractivity contribution in [2.75, 3.05) is 13.2 Å². The van der Waals surface area contributed by atoms with Gasteiger partial charge in [-0.05, 0) is 76.0 Å². The van der Waals surface area contributed by atoms with Crippen LogP contribution in [0.4, 0.5) is 0 Å². The summed E-state index contributed by atoms with van der Waals surface area (Å²) in [6.45, 7) is 7.61. The normalized spacial score (nSPS) is 24.6. The number of unbranched alkanes of at least 4 members (excludes halogenated alkanes) is 2. The molecule has 0 aromatic heterocycles. The van der Waals surface area contributed by atoms with E-state index in [1.54, 1.807) is 0 Å². The summed E-state index contributed by atoms with van der Waals surface area (Å²) in [5, 5.41) is 0. The van der Waals surface area contributed by atoms with Crippen molar-refractivity contribution in [1.82, 2.24) is 0 Å². The van der Waals surface area contributed by atoms with Crippen LogP contribution in [0.1, 0.15) is 77.0 Å². The molecule has 0 aromatic rings. The second kappa shape index (κ2) is 15.4. The molecular formula is C28H38O4. The zero-order valence-electron chi connectivity index (χ0n) is 19.4. The Balaban J connectivity index is 1.55. The number of carbonyl (C=O) groups excluding carboxylic acids is 2. The smallest absolute Gasteiger partial charge is 0.330 e. The van der Waals surface area contributed by atoms with Crippen LogP contribution >= 0.6 is 0 Å². The van der Waals surface area contributed by atoms with Crippen LogP contribution in [0, 0.1) is 47.4 Å². The van der Waals surface area contributed by atoms with Crippen molar-refractivity contribution >= 4 is 11.9 Å². The van der Waals surface area contributed by atoms with Crippen LogP contribution in [0.5, 0.6) is 0 Å². The van der Waals surface area contributed by atoms with Crippen LogP contribution in [-0.2, 0) is 19.1 Å². The molecule has 0 heterocycles. The van der Waals surface area contributed by atoms with E-state index in [9.17, 15) is 9.59 Å². The van der Waals surface area contributed by atoms with Gasteiger partial charge >= 0.3 is 11.9 Å². The van der Waals surface area contributed by atoms with E-state index in [-0.39, 0.29) is 11.9 Å². The predicted octanol–water partition coefficient (Wildman–Crippen LogP) is 5.62. The Morgan fingerprint density at radius 3 is 1.41 bits per heavy atom. The summed E-state index contributed by atoms with van der Waals surface area (Å²) < 4.78 is 9.94. The van der Waals surface area contributed by atoms with E-state index in [0.29, 0.717) is 25.0 Å². The van der Waals surface area contributed by atoms with Crippen molar-refractivity contribution < 1.29 is 19.1 Å². The number of esters is 2. The Bertz CT molecular complexity index is 665. The molecule has 0 saturated heterocycles. The molecule has 4 nitrogen and oxygen atoms in total. The molecule has 2 aliphatic carbocycles. The molecule has 174 valence electrons. The fraction of sp³-hybridized carbons (Fsp3) is 0.643. The second-order valence-corrected chi connectivity index (χ2v) is 8.82. The number of hydrogen-bond acceptors (Lipinski definition) is 4. The summed E-state index contributed by atoms with van der Waals surface area (Å²) in [5.41, 5.74) is 0. The van der Waals surface area contributed by atoms with Gasteiger partial charge < -0.3 is 9.47 Å². The second-order valence-electron chi connectivity index (χ2n) is 8.82. The zero-order valence-corrected chi connectivity index (χ0v) is 19.4. The number of carbonyl (C=O) groups is 2. The lowest BCUT2D eigenvalue weighted by Crippen LogP contribution is -2.25. The van der Waals surface area contributed by atoms with Gasteiger partial charge in [-0.25, -0.2) is 9.59 Å². The topological polar surface area (TPSA) is 52.6 Å². The molecule has 4 heteroatoms. The molecule has 0 spiro atoms. The van der Waals surface area contributed by atoms with Gasteiger partial charge in [-0.15, -0.1) is 11.8 Å². The van der Waals surface area contributed by atoms with E-state index in [1.807, 2.05) is 0 Å². The molecule has 0 aliphatic heterocycles. The van der Waals surface area contributed by atoms with Crippen molar-refractivity contribution in [2.45, 2.75) is 77.0 Å². The van der Waals surface area contributed by atoms with Crippen molar-refractivity contribution in [3.63, 3.8) is 0 Å². The predicted molar refractivity (Wildman–Crippen MR) is 127 cm³/mol. The molecular weight excluding hydrogens is 400 g/mol. The third-order valence-electron chi connectivity index (χ3n) is 6.54. The molecule has 2 rings (SSSR count). The van der Waals surface area contributed by atoms with E-state index in [1.165, 1.54) is 63.5 Å². The first kappa shape index (κ1) is 25.8. The zero-order chi connectivity index (χ0) is 23.0. The number of rotatable bonds is 9. The minimum absolute atomic E-state index is 0.360. The van der Waals surface area contributed by atoms with Crippen LogP contribution in [0.2, 0.25) is 0 Å². The van der Waals surface area contributed by atoms with Gasteiger partial charge in [-0.2, -0.15) is 0 Å². The summed E-state index contributed by atoms with van der Waals surface area (Å²) in [4.78, 5) is 22.0. The maximum atomic E-state index is 11.0. The van der Waals surface area contributed by atoms with E-state index < -0.39 is 0 Å². The summed E-state index contributed by atoms with van der Waals surface area (Å²) in [6.07, 6.45) is 15.6. The lowest BCUT2D eigenvalue weighted by molar-refractivity contribution is -0.138. The van der Waals surface area contributed by atoms with Crippen molar-refractivity contribution in [3.05, 3.63) is 25.3 Å². The minimum atomic E-state index is -0.360. The highest BCUT2D eigenvalue weighted by Crippen LogP contribution is 2.41. The standard InChI is InChI=1S/C28H38O4/c1-3-27(29)31-21-9-5-7-11-23-13-17-25(18-14-23)26-19-15-24(16-20-26)12-8-6-10-22-32-28(30)4-2/h3-4,23-26H,1-2,5-6,9-10,13-22H2. The third kappa shape index (κ3) is 10.2. The first-order chi connectivity index (χ1) is 15.6. The molecule has 0 bridgehead atoms. The lowest BCUT2D eigenvalue weighted by Gasteiger charge is -2.36. The summed E-state index contributed by atoms with van der Waals surface area (Å²) in [5.74, 6) is 15.5. The van der Waals surface area contributed by atoms with Crippen molar-refractivity contribution in [3.8, 4) is 23.7 Å². The molecule has 2 fully saturated rings. The van der Waals surface area contributed by atoms with E-state index in [0.717, 1.165) is 37.5 Å². The van der Waals surface area contributed by atoms with Crippen LogP contribution in [0.25, 0.3) is 0 Å². The summed E-state index contributed by atoms with van der Waals surface area (Å²) >= 11 is 0. The van der Waals surface area contributed by atoms with Crippen molar-refractivity contribution in [1.29, 1.82) is 0 Å². The van der Waals surface area contributed by atoms with Crippen LogP contribution in [0.15, 0.2) is 25.3 Å². The molecule has 0 radical (unpaired) electrons. The van der Waals surface area contributed by atoms with Gasteiger partial charge in [0.05, 0.1) is 13.2 Å². The van der Waals surface area contributed by atoms with Crippen LogP contribution in [-0.4, -0.2) is 25.2 Å². The molecule has 2 aliphatic rings. The Kier molecular flexibility index (Phi) is 12.4. The van der Waals surface area contributed by atoms with Gasteiger partial charge in [0.2, 0.25) is 0 Å². The monoisotopic (exact) mass is 438 g/mol. The molecule has 0 aromatic carbocycles. The van der Waals surface area contributed by atoms with Gasteiger partial charge in [-0.1, -0.05) is 25.0 Å². The highest BCUT2D eigenvalue weighted by molar-refractivity contribution is 5.81. The Hall–Kier alpha value is -2.46. The number of hydrogen-bond donors (Lipinski definition) is 0. The lowest BCUT2D eigenvalue weighted by atomic mass is 9.69. The van der Waals surface area contributed by atoms with E-state index in [4.69, 9.17) is 9.47 Å². The molecule has 0 atom stereocenters. The van der Waals surface area contributed by atoms with Crippen LogP contribution < -0.4 is 0 Å². The highest BCUT2D eigenvalue weighted by Gasteiger charge is 2.30. The van der Waals surface area contributed by atoms with E-state index in [2.05, 4.69) is 36.8 Å². The quantitative estimate of drug-likeness (QED) is 0.203. The Morgan fingerprint density at radius 2 is 1.06 bits per heavy atom. The fourth-order valence-corrected chi connectivity index (χ4v) is 4.69. The minimum Gasteiger partial charge on any atom is -0.463 e. The summed E-state index contributed by atoms with van der Waals surface area (Å²) in [6, 6.07) is 0. The largest absolute Gasteiger partial charge is 0.463 e. The molecule has 0 N–H and O–H groups in total. The first-order valence-electron chi connectivity index (χ1n) is 12.2. The number of ether oxygens (including phenoxy) is 2. The summed E-state index contributed by atoms with van der Waals surface area (Å²) in [7, 11) is 0. The highest BCUT2D eigenvalue weighted by atomic mass is 16.5. The van der Waals surface area contributed by atoms with E-state index >= 15 is 0 Å². The van der Waals surface area contributed by atoms with Gasteiger partial charge in [-0.3, -0.25) is 0 Å². The van der Waals surface area contributed by atoms with Crippen molar-refractivity contribution in [2.24, 2.45) is 23.7 Å². The first-order valence-corrected chi connectivity index (χ1v) is 12.2. The Morgan fingerprint density at radius 1 is 0.688 bits per heavy atom. The van der Waals surface area contributed by atoms with Crippen LogP contribution in [0.3, 0.4) is 0 Å². The third-order valence-corrected chi connectivity index (χ3v) is 6.54. The van der Waals surface area contributed by atoms with Gasteiger partial charge in [0.15, 0.2) is 0 Å². The molecule has 32 heavy (non-hydrogen) atoms. The Labute approximate surface area is 194 Å².